The first-order valence-electron chi connectivity index (χ1n) is 6.57. The molecule has 102 valence electrons. The molecule has 19 heavy (non-hydrogen) atoms. The standard InChI is InChI=1S/C14H19N3O2/c1-18-12-4-2-11(3-5-12)17-13(15)16-10-14(17)6-8-19-9-7-14/h2-5H,6-10H2,1H3,(H2,15,16). The van der Waals surface area contributed by atoms with E-state index in [1.165, 1.54) is 0 Å². The van der Waals surface area contributed by atoms with Gasteiger partial charge in [0.2, 0.25) is 0 Å². The van der Waals surface area contributed by atoms with Gasteiger partial charge in [-0.1, -0.05) is 0 Å². The van der Waals surface area contributed by atoms with Crippen LogP contribution in [0.25, 0.3) is 0 Å². The Balaban J connectivity index is 1.92. The summed E-state index contributed by atoms with van der Waals surface area (Å²) in [6.45, 7) is 2.30. The number of rotatable bonds is 2. The fourth-order valence-corrected chi connectivity index (χ4v) is 2.88. The lowest BCUT2D eigenvalue weighted by Gasteiger charge is -2.41. The molecule has 3 rings (SSSR count). The number of benzene rings is 1. The third-order valence-electron chi connectivity index (χ3n) is 3.99. The zero-order chi connectivity index (χ0) is 13.3. The Morgan fingerprint density at radius 1 is 1.26 bits per heavy atom. The van der Waals surface area contributed by atoms with Crippen LogP contribution >= 0.6 is 0 Å². The van der Waals surface area contributed by atoms with Gasteiger partial charge in [-0.05, 0) is 37.1 Å². The van der Waals surface area contributed by atoms with Gasteiger partial charge in [-0.3, -0.25) is 4.99 Å². The molecular formula is C14H19N3O2. The summed E-state index contributed by atoms with van der Waals surface area (Å²) in [5, 5.41) is 0. The minimum Gasteiger partial charge on any atom is -0.497 e. The highest BCUT2D eigenvalue weighted by molar-refractivity contribution is 5.98. The number of ether oxygens (including phenoxy) is 2. The number of nitrogens with zero attached hydrogens (tertiary/aromatic N) is 2. The van der Waals surface area contributed by atoms with Gasteiger partial charge >= 0.3 is 0 Å². The smallest absolute Gasteiger partial charge is 0.196 e. The topological polar surface area (TPSA) is 60.1 Å². The molecule has 2 N–H and O–H groups in total. The summed E-state index contributed by atoms with van der Waals surface area (Å²) in [6.07, 6.45) is 1.92. The average Bonchev–Trinajstić information content (AvgIpc) is 2.77. The van der Waals surface area contributed by atoms with Crippen molar-refractivity contribution < 1.29 is 9.47 Å². The molecule has 1 aromatic rings. The molecule has 1 saturated heterocycles. The summed E-state index contributed by atoms with van der Waals surface area (Å²) in [4.78, 5) is 6.61. The van der Waals surface area contributed by atoms with E-state index in [-0.39, 0.29) is 5.54 Å². The summed E-state index contributed by atoms with van der Waals surface area (Å²) < 4.78 is 10.7. The Bertz CT molecular complexity index is 478. The summed E-state index contributed by atoms with van der Waals surface area (Å²) in [5.41, 5.74) is 7.16. The van der Waals surface area contributed by atoms with Gasteiger partial charge in [-0.25, -0.2) is 0 Å². The van der Waals surface area contributed by atoms with E-state index >= 15 is 0 Å². The molecule has 0 saturated carbocycles. The van der Waals surface area contributed by atoms with E-state index < -0.39 is 0 Å². The maximum absolute atomic E-state index is 6.09. The molecule has 0 aliphatic carbocycles. The Morgan fingerprint density at radius 3 is 2.58 bits per heavy atom. The second-order valence-corrected chi connectivity index (χ2v) is 5.04. The van der Waals surface area contributed by atoms with Crippen LogP contribution in [0.3, 0.4) is 0 Å². The molecule has 0 radical (unpaired) electrons. The summed E-state index contributed by atoms with van der Waals surface area (Å²) in [6, 6.07) is 7.97. The van der Waals surface area contributed by atoms with Crippen molar-refractivity contribution in [3.63, 3.8) is 0 Å². The Kier molecular flexibility index (Phi) is 3.06. The van der Waals surface area contributed by atoms with Crippen LogP contribution in [0, 0.1) is 0 Å². The fraction of sp³-hybridized carbons (Fsp3) is 0.500. The molecule has 1 aromatic carbocycles. The third kappa shape index (κ3) is 2.04. The first-order valence-corrected chi connectivity index (χ1v) is 6.57. The van der Waals surface area contributed by atoms with Gasteiger partial charge in [-0.15, -0.1) is 0 Å². The van der Waals surface area contributed by atoms with Crippen molar-refractivity contribution in [1.82, 2.24) is 0 Å². The lowest BCUT2D eigenvalue weighted by Crippen LogP contribution is -2.54. The van der Waals surface area contributed by atoms with Crippen molar-refractivity contribution in [1.29, 1.82) is 0 Å². The van der Waals surface area contributed by atoms with E-state index in [0.29, 0.717) is 5.96 Å². The van der Waals surface area contributed by atoms with Crippen LogP contribution in [0.2, 0.25) is 0 Å². The second-order valence-electron chi connectivity index (χ2n) is 5.04. The van der Waals surface area contributed by atoms with E-state index in [4.69, 9.17) is 15.2 Å². The van der Waals surface area contributed by atoms with E-state index in [1.54, 1.807) is 7.11 Å². The number of nitrogens with two attached hydrogens (primary N) is 1. The zero-order valence-electron chi connectivity index (χ0n) is 11.1. The van der Waals surface area contributed by atoms with Crippen LogP contribution in [0.1, 0.15) is 12.8 Å². The maximum atomic E-state index is 6.09. The molecule has 0 amide bonds. The minimum atomic E-state index is -0.00305. The van der Waals surface area contributed by atoms with Crippen LogP contribution < -0.4 is 15.4 Å². The number of guanidine groups is 1. The van der Waals surface area contributed by atoms with Crippen molar-refractivity contribution in [3.8, 4) is 5.75 Å². The summed E-state index contributed by atoms with van der Waals surface area (Å²) in [7, 11) is 1.67. The molecule has 0 atom stereocenters. The predicted octanol–water partition coefficient (Wildman–Crippen LogP) is 1.38. The molecule has 0 bridgehead atoms. The number of hydrogen-bond donors (Lipinski definition) is 1. The van der Waals surface area contributed by atoms with Gasteiger partial charge in [0.1, 0.15) is 5.75 Å². The van der Waals surface area contributed by atoms with Gasteiger partial charge in [-0.2, -0.15) is 0 Å². The Labute approximate surface area is 113 Å². The Morgan fingerprint density at radius 2 is 1.95 bits per heavy atom. The van der Waals surface area contributed by atoms with Crippen molar-refractivity contribution in [2.45, 2.75) is 18.4 Å². The second kappa shape index (κ2) is 4.74. The van der Waals surface area contributed by atoms with Crippen molar-refractivity contribution in [3.05, 3.63) is 24.3 Å². The van der Waals surface area contributed by atoms with Crippen LogP contribution in [-0.4, -0.2) is 38.4 Å². The molecule has 5 nitrogen and oxygen atoms in total. The van der Waals surface area contributed by atoms with Gasteiger partial charge in [0.25, 0.3) is 0 Å². The molecule has 0 unspecified atom stereocenters. The van der Waals surface area contributed by atoms with E-state index in [2.05, 4.69) is 9.89 Å². The normalized spacial score (nSPS) is 21.5. The monoisotopic (exact) mass is 261 g/mol. The Hall–Kier alpha value is -1.75. The lowest BCUT2D eigenvalue weighted by atomic mass is 9.88. The predicted molar refractivity (Wildman–Crippen MR) is 74.7 cm³/mol. The summed E-state index contributed by atoms with van der Waals surface area (Å²) >= 11 is 0. The molecule has 0 aromatic heterocycles. The van der Waals surface area contributed by atoms with Gasteiger partial charge in [0.05, 0.1) is 19.2 Å². The quantitative estimate of drug-likeness (QED) is 0.873. The number of aliphatic imine (C=N–C) groups is 1. The van der Waals surface area contributed by atoms with Gasteiger partial charge < -0.3 is 20.1 Å². The van der Waals surface area contributed by atoms with Crippen molar-refractivity contribution in [2.24, 2.45) is 10.7 Å². The molecular weight excluding hydrogens is 242 g/mol. The van der Waals surface area contributed by atoms with Crippen molar-refractivity contribution in [2.75, 3.05) is 31.8 Å². The lowest BCUT2D eigenvalue weighted by molar-refractivity contribution is 0.0594. The highest BCUT2D eigenvalue weighted by Gasteiger charge is 2.44. The van der Waals surface area contributed by atoms with Crippen LogP contribution in [0.15, 0.2) is 29.3 Å². The highest BCUT2D eigenvalue weighted by atomic mass is 16.5. The fourth-order valence-electron chi connectivity index (χ4n) is 2.88. The van der Waals surface area contributed by atoms with Crippen molar-refractivity contribution >= 4 is 11.6 Å². The summed E-state index contributed by atoms with van der Waals surface area (Å²) in [5.74, 6) is 1.45. The maximum Gasteiger partial charge on any atom is 0.196 e. The van der Waals surface area contributed by atoms with Gasteiger partial charge in [0.15, 0.2) is 5.96 Å². The first kappa shape index (κ1) is 12.3. The van der Waals surface area contributed by atoms with Crippen LogP contribution in [-0.2, 0) is 4.74 Å². The SMILES string of the molecule is COc1ccc(N2C(N)=NCC23CCOCC3)cc1. The average molecular weight is 261 g/mol. The first-order chi connectivity index (χ1) is 9.25. The number of hydrogen-bond acceptors (Lipinski definition) is 5. The van der Waals surface area contributed by atoms with E-state index in [1.807, 2.05) is 24.3 Å². The zero-order valence-corrected chi connectivity index (χ0v) is 11.1. The molecule has 2 aliphatic heterocycles. The number of anilines is 1. The molecule has 1 spiro atoms. The molecule has 2 heterocycles. The van der Waals surface area contributed by atoms with E-state index in [0.717, 1.165) is 44.0 Å². The molecule has 2 aliphatic rings. The third-order valence-corrected chi connectivity index (χ3v) is 3.99. The van der Waals surface area contributed by atoms with Crippen LogP contribution in [0.4, 0.5) is 5.69 Å². The molecule has 1 fully saturated rings. The minimum absolute atomic E-state index is 0.00305. The molecule has 5 heteroatoms. The van der Waals surface area contributed by atoms with Crippen LogP contribution in [0.5, 0.6) is 5.75 Å². The highest BCUT2D eigenvalue weighted by Crippen LogP contribution is 2.36. The number of methoxy groups -OCH3 is 1. The van der Waals surface area contributed by atoms with Gasteiger partial charge in [0, 0.05) is 18.9 Å². The largest absolute Gasteiger partial charge is 0.497 e. The van der Waals surface area contributed by atoms with E-state index in [9.17, 15) is 0 Å².